The number of allylic oxidation sites excluding steroid dienone is 1. The van der Waals surface area contributed by atoms with Crippen molar-refractivity contribution in [3.8, 4) is 0 Å². The van der Waals surface area contributed by atoms with Crippen LogP contribution >= 0.6 is 0 Å². The van der Waals surface area contributed by atoms with Gasteiger partial charge in [0.2, 0.25) is 5.91 Å². The molecule has 7 nitrogen and oxygen atoms in total. The van der Waals surface area contributed by atoms with Crippen molar-refractivity contribution in [2.75, 3.05) is 26.3 Å². The van der Waals surface area contributed by atoms with Gasteiger partial charge in [0, 0.05) is 5.57 Å². The number of rotatable bonds is 8. The number of hydrogen-bond acceptors (Lipinski definition) is 5. The molecule has 2 N–H and O–H groups in total. The van der Waals surface area contributed by atoms with Crippen molar-refractivity contribution in [1.29, 1.82) is 0 Å². The number of nitrogens with one attached hydrogen (secondary N) is 2. The van der Waals surface area contributed by atoms with Gasteiger partial charge in [-0.05, 0) is 19.9 Å². The lowest BCUT2D eigenvalue weighted by Crippen LogP contribution is -2.32. The third-order valence-electron chi connectivity index (χ3n) is 1.91. The number of esters is 1. The Morgan fingerprint density at radius 3 is 2.30 bits per heavy atom. The smallest absolute Gasteiger partial charge is 0.407 e. The molecule has 112 valence electrons. The summed E-state index contributed by atoms with van der Waals surface area (Å²) in [6.07, 6.45) is 2.34. The molecule has 0 heterocycles. The van der Waals surface area contributed by atoms with Crippen LogP contribution < -0.4 is 10.6 Å². The first-order valence-corrected chi connectivity index (χ1v) is 6.11. The first kappa shape index (κ1) is 17.7. The minimum absolute atomic E-state index is 0.0405. The Morgan fingerprint density at radius 1 is 1.10 bits per heavy atom. The maximum Gasteiger partial charge on any atom is 0.407 e. The molecule has 0 unspecified atom stereocenters. The molecule has 7 heteroatoms. The minimum atomic E-state index is -0.642. The molecule has 0 saturated heterocycles. The second kappa shape index (κ2) is 10.6. The SMILES string of the molecule is C=C(C)C(=O)OCCNC(=O)OCCNC(=O)C=CC. The Labute approximate surface area is 118 Å². The highest BCUT2D eigenvalue weighted by Crippen LogP contribution is 1.90. The average Bonchev–Trinajstić information content (AvgIpc) is 2.39. The third kappa shape index (κ3) is 9.69. The molecule has 0 aliphatic heterocycles. The van der Waals surface area contributed by atoms with Gasteiger partial charge in [0.15, 0.2) is 0 Å². The summed E-state index contributed by atoms with van der Waals surface area (Å²) in [5, 5.41) is 4.92. The Balaban J connectivity index is 3.53. The van der Waals surface area contributed by atoms with Crippen LogP contribution in [0.15, 0.2) is 24.3 Å². The fourth-order valence-corrected chi connectivity index (χ4v) is 0.999. The number of carbonyl (C=O) groups excluding carboxylic acids is 3. The van der Waals surface area contributed by atoms with E-state index < -0.39 is 12.1 Å². The number of amides is 2. The maximum absolute atomic E-state index is 11.2. The summed E-state index contributed by atoms with van der Waals surface area (Å²) in [6, 6.07) is 0. The van der Waals surface area contributed by atoms with Gasteiger partial charge in [-0.3, -0.25) is 4.79 Å². The molecular formula is C13H20N2O5. The Morgan fingerprint density at radius 2 is 1.70 bits per heavy atom. The number of hydrogen-bond donors (Lipinski definition) is 2. The standard InChI is InChI=1S/C13H20N2O5/c1-4-5-11(16)14-6-9-20-13(18)15-7-8-19-12(17)10(2)3/h4-5H,2,6-9H2,1,3H3,(H,14,16)(H,15,18). The predicted octanol–water partition coefficient (Wildman–Crippen LogP) is 0.524. The van der Waals surface area contributed by atoms with Gasteiger partial charge in [-0.25, -0.2) is 9.59 Å². The third-order valence-corrected chi connectivity index (χ3v) is 1.91. The van der Waals surface area contributed by atoms with Gasteiger partial charge in [0.05, 0.1) is 13.1 Å². The van der Waals surface area contributed by atoms with E-state index in [0.717, 1.165) is 0 Å². The van der Waals surface area contributed by atoms with Crippen molar-refractivity contribution in [3.63, 3.8) is 0 Å². The largest absolute Gasteiger partial charge is 0.460 e. The molecule has 0 aromatic heterocycles. The van der Waals surface area contributed by atoms with E-state index >= 15 is 0 Å². The quantitative estimate of drug-likeness (QED) is 0.385. The summed E-state index contributed by atoms with van der Waals surface area (Å²) >= 11 is 0. The van der Waals surface area contributed by atoms with Crippen molar-refractivity contribution in [2.45, 2.75) is 13.8 Å². The monoisotopic (exact) mass is 284 g/mol. The number of alkyl carbamates (subject to hydrolysis) is 1. The van der Waals surface area contributed by atoms with Crippen molar-refractivity contribution >= 4 is 18.0 Å². The summed E-state index contributed by atoms with van der Waals surface area (Å²) in [4.78, 5) is 33.2. The lowest BCUT2D eigenvalue weighted by atomic mass is 10.4. The molecule has 20 heavy (non-hydrogen) atoms. The van der Waals surface area contributed by atoms with Gasteiger partial charge in [0.25, 0.3) is 0 Å². The molecule has 0 fully saturated rings. The topological polar surface area (TPSA) is 93.7 Å². The maximum atomic E-state index is 11.2. The zero-order valence-corrected chi connectivity index (χ0v) is 11.7. The molecule has 0 bridgehead atoms. The fraction of sp³-hybridized carbons (Fsp3) is 0.462. The Kier molecular flexibility index (Phi) is 9.37. The van der Waals surface area contributed by atoms with Crippen molar-refractivity contribution < 1.29 is 23.9 Å². The van der Waals surface area contributed by atoms with E-state index in [1.807, 2.05) is 0 Å². The van der Waals surface area contributed by atoms with Crippen LogP contribution in [0.4, 0.5) is 4.79 Å². The molecule has 0 aromatic rings. The predicted molar refractivity (Wildman–Crippen MR) is 72.9 cm³/mol. The summed E-state index contributed by atoms with van der Waals surface area (Å²) in [7, 11) is 0. The highest BCUT2D eigenvalue weighted by molar-refractivity contribution is 5.87. The van der Waals surface area contributed by atoms with Gasteiger partial charge >= 0.3 is 12.1 Å². The average molecular weight is 284 g/mol. The minimum Gasteiger partial charge on any atom is -0.460 e. The van der Waals surface area contributed by atoms with Crippen LogP contribution in [-0.2, 0) is 19.1 Å². The number of ether oxygens (including phenoxy) is 2. The molecular weight excluding hydrogens is 264 g/mol. The highest BCUT2D eigenvalue weighted by Gasteiger charge is 2.04. The van der Waals surface area contributed by atoms with E-state index in [-0.39, 0.29) is 32.2 Å². The van der Waals surface area contributed by atoms with Crippen LogP contribution in [0.25, 0.3) is 0 Å². The summed E-state index contributed by atoms with van der Waals surface area (Å²) in [5.41, 5.74) is 0.296. The Hall–Kier alpha value is -2.31. The highest BCUT2D eigenvalue weighted by atomic mass is 16.6. The van der Waals surface area contributed by atoms with Gasteiger partial charge in [0.1, 0.15) is 13.2 Å². The van der Waals surface area contributed by atoms with E-state index in [9.17, 15) is 14.4 Å². The van der Waals surface area contributed by atoms with Crippen LogP contribution in [0.3, 0.4) is 0 Å². The molecule has 0 saturated carbocycles. The molecule has 0 radical (unpaired) electrons. The van der Waals surface area contributed by atoms with Gasteiger partial charge in [-0.1, -0.05) is 12.7 Å². The molecule has 2 amide bonds. The molecule has 0 aliphatic rings. The first-order valence-electron chi connectivity index (χ1n) is 6.11. The molecule has 0 spiro atoms. The van der Waals surface area contributed by atoms with Crippen LogP contribution in [0.2, 0.25) is 0 Å². The lowest BCUT2D eigenvalue weighted by molar-refractivity contribution is -0.138. The van der Waals surface area contributed by atoms with E-state index in [2.05, 4.69) is 17.2 Å². The molecule has 0 aliphatic carbocycles. The van der Waals surface area contributed by atoms with Crippen LogP contribution in [-0.4, -0.2) is 44.3 Å². The number of carbonyl (C=O) groups is 3. The van der Waals surface area contributed by atoms with Crippen LogP contribution in [0.5, 0.6) is 0 Å². The van der Waals surface area contributed by atoms with Gasteiger partial charge < -0.3 is 20.1 Å². The second-order valence-electron chi connectivity index (χ2n) is 3.77. The van der Waals surface area contributed by atoms with Crippen LogP contribution in [0, 0.1) is 0 Å². The van der Waals surface area contributed by atoms with Crippen molar-refractivity contribution in [2.24, 2.45) is 0 Å². The summed E-state index contributed by atoms with van der Waals surface area (Å²) < 4.78 is 9.54. The molecule has 0 atom stereocenters. The fourth-order valence-electron chi connectivity index (χ4n) is 0.999. The summed E-state index contributed by atoms with van der Waals surface area (Å²) in [6.45, 7) is 7.14. The second-order valence-corrected chi connectivity index (χ2v) is 3.77. The van der Waals surface area contributed by atoms with Crippen molar-refractivity contribution in [3.05, 3.63) is 24.3 Å². The zero-order valence-electron chi connectivity index (χ0n) is 11.7. The van der Waals surface area contributed by atoms with E-state index in [1.54, 1.807) is 13.0 Å². The van der Waals surface area contributed by atoms with Gasteiger partial charge in [-0.2, -0.15) is 0 Å². The summed E-state index contributed by atoms with van der Waals surface area (Å²) in [5.74, 6) is -0.755. The van der Waals surface area contributed by atoms with E-state index in [4.69, 9.17) is 9.47 Å². The van der Waals surface area contributed by atoms with E-state index in [1.165, 1.54) is 13.0 Å². The van der Waals surface area contributed by atoms with Crippen LogP contribution in [0.1, 0.15) is 13.8 Å². The normalized spacial score (nSPS) is 9.90. The molecule has 0 rings (SSSR count). The molecule has 0 aromatic carbocycles. The van der Waals surface area contributed by atoms with Crippen molar-refractivity contribution in [1.82, 2.24) is 10.6 Å². The van der Waals surface area contributed by atoms with E-state index in [0.29, 0.717) is 5.57 Å². The van der Waals surface area contributed by atoms with Gasteiger partial charge in [-0.15, -0.1) is 0 Å². The first-order chi connectivity index (χ1) is 9.47. The zero-order chi connectivity index (χ0) is 15.4. The lowest BCUT2D eigenvalue weighted by Gasteiger charge is -2.08. The Bertz CT molecular complexity index is 390.